The fraction of sp³-hybridized carbons (Fsp3) is 0.0769. The number of nitrogens with one attached hydrogen (secondary N) is 1. The van der Waals surface area contributed by atoms with Crippen molar-refractivity contribution in [3.8, 4) is 11.5 Å². The number of hydrogen-bond acceptors (Lipinski definition) is 3. The number of phenols is 2. The standard InChI is InChI=1S/C13H10BrF2NO2/c14-8-4-11(10(16)5-9(8)15)17-6-7-2-1-3-12(18)13(7)19/h1-5,17-19H,6H2. The Bertz CT molecular complexity index is 620. The second-order valence-electron chi connectivity index (χ2n) is 3.88. The third-order valence-corrected chi connectivity index (χ3v) is 3.19. The zero-order chi connectivity index (χ0) is 14.0. The van der Waals surface area contributed by atoms with E-state index in [1.54, 1.807) is 12.1 Å². The highest BCUT2D eigenvalue weighted by molar-refractivity contribution is 9.10. The normalized spacial score (nSPS) is 10.5. The van der Waals surface area contributed by atoms with Crippen molar-refractivity contribution in [2.24, 2.45) is 0 Å². The molecule has 0 saturated carbocycles. The molecule has 0 saturated heterocycles. The van der Waals surface area contributed by atoms with Crippen molar-refractivity contribution >= 4 is 21.6 Å². The van der Waals surface area contributed by atoms with Crippen molar-refractivity contribution in [2.75, 3.05) is 5.32 Å². The fourth-order valence-corrected chi connectivity index (χ4v) is 1.91. The molecule has 0 aromatic heterocycles. The fourth-order valence-electron chi connectivity index (χ4n) is 1.57. The minimum Gasteiger partial charge on any atom is -0.504 e. The number of aromatic hydroxyl groups is 2. The summed E-state index contributed by atoms with van der Waals surface area (Å²) in [4.78, 5) is 0. The molecule has 3 N–H and O–H groups in total. The molecule has 0 heterocycles. The van der Waals surface area contributed by atoms with Gasteiger partial charge in [-0.2, -0.15) is 0 Å². The lowest BCUT2D eigenvalue weighted by atomic mass is 10.2. The van der Waals surface area contributed by atoms with E-state index in [0.717, 1.165) is 6.07 Å². The van der Waals surface area contributed by atoms with E-state index >= 15 is 0 Å². The molecule has 0 aliphatic rings. The average Bonchev–Trinajstić information content (AvgIpc) is 2.37. The van der Waals surface area contributed by atoms with Crippen LogP contribution in [0, 0.1) is 11.6 Å². The first kappa shape index (κ1) is 13.6. The summed E-state index contributed by atoms with van der Waals surface area (Å²) in [6.45, 7) is 0.0925. The van der Waals surface area contributed by atoms with Gasteiger partial charge in [-0.3, -0.25) is 0 Å². The summed E-state index contributed by atoms with van der Waals surface area (Å²) in [6.07, 6.45) is 0. The molecule has 100 valence electrons. The highest BCUT2D eigenvalue weighted by atomic mass is 79.9. The number of rotatable bonds is 3. The summed E-state index contributed by atoms with van der Waals surface area (Å²) >= 11 is 2.96. The minimum absolute atomic E-state index is 0.0925. The van der Waals surface area contributed by atoms with Crippen LogP contribution in [0.15, 0.2) is 34.8 Å². The van der Waals surface area contributed by atoms with Crippen LogP contribution < -0.4 is 5.32 Å². The summed E-state index contributed by atoms with van der Waals surface area (Å²) in [5, 5.41) is 21.6. The van der Waals surface area contributed by atoms with Gasteiger partial charge in [0.15, 0.2) is 11.5 Å². The van der Waals surface area contributed by atoms with E-state index in [0.29, 0.717) is 5.56 Å². The molecule has 0 fully saturated rings. The summed E-state index contributed by atoms with van der Waals surface area (Å²) < 4.78 is 26.7. The van der Waals surface area contributed by atoms with Gasteiger partial charge >= 0.3 is 0 Å². The Labute approximate surface area is 116 Å². The molecule has 19 heavy (non-hydrogen) atoms. The lowest BCUT2D eigenvalue weighted by Gasteiger charge is -2.10. The number of benzene rings is 2. The van der Waals surface area contributed by atoms with Gasteiger partial charge in [-0.25, -0.2) is 8.78 Å². The lowest BCUT2D eigenvalue weighted by molar-refractivity contribution is 0.400. The van der Waals surface area contributed by atoms with Crippen LogP contribution in [0.2, 0.25) is 0 Å². The number of halogens is 3. The van der Waals surface area contributed by atoms with Crippen molar-refractivity contribution in [2.45, 2.75) is 6.54 Å². The smallest absolute Gasteiger partial charge is 0.162 e. The third-order valence-electron chi connectivity index (χ3n) is 2.58. The van der Waals surface area contributed by atoms with E-state index in [4.69, 9.17) is 0 Å². The molecular formula is C13H10BrF2NO2. The highest BCUT2D eigenvalue weighted by Crippen LogP contribution is 2.29. The first-order valence-electron chi connectivity index (χ1n) is 5.37. The van der Waals surface area contributed by atoms with Gasteiger partial charge in [0.2, 0.25) is 0 Å². The van der Waals surface area contributed by atoms with E-state index < -0.39 is 11.6 Å². The first-order valence-corrected chi connectivity index (χ1v) is 6.16. The molecule has 0 aliphatic heterocycles. The Morgan fingerprint density at radius 1 is 1.11 bits per heavy atom. The third kappa shape index (κ3) is 2.96. The molecule has 0 amide bonds. The maximum atomic E-state index is 13.5. The van der Waals surface area contributed by atoms with Gasteiger partial charge in [0.25, 0.3) is 0 Å². The molecule has 0 aliphatic carbocycles. The SMILES string of the molecule is Oc1cccc(CNc2cc(Br)c(F)cc2F)c1O. The molecule has 0 radical (unpaired) electrons. The lowest BCUT2D eigenvalue weighted by Crippen LogP contribution is -2.02. The Morgan fingerprint density at radius 2 is 1.84 bits per heavy atom. The van der Waals surface area contributed by atoms with Crippen molar-refractivity contribution < 1.29 is 19.0 Å². The first-order chi connectivity index (χ1) is 8.99. The van der Waals surface area contributed by atoms with Crippen LogP contribution in [0.3, 0.4) is 0 Å². The molecule has 0 spiro atoms. The second-order valence-corrected chi connectivity index (χ2v) is 4.74. The van der Waals surface area contributed by atoms with E-state index in [-0.39, 0.29) is 28.2 Å². The average molecular weight is 330 g/mol. The van der Waals surface area contributed by atoms with Crippen LogP contribution in [0.25, 0.3) is 0 Å². The molecule has 2 aromatic carbocycles. The van der Waals surface area contributed by atoms with Gasteiger partial charge in [-0.05, 0) is 28.1 Å². The van der Waals surface area contributed by atoms with Crippen LogP contribution in [0.4, 0.5) is 14.5 Å². The monoisotopic (exact) mass is 329 g/mol. The predicted octanol–water partition coefficient (Wildman–Crippen LogP) is 3.75. The van der Waals surface area contributed by atoms with Crippen LogP contribution >= 0.6 is 15.9 Å². The van der Waals surface area contributed by atoms with E-state index in [2.05, 4.69) is 21.2 Å². The molecule has 2 aromatic rings. The van der Waals surface area contributed by atoms with Crippen LogP contribution in [-0.4, -0.2) is 10.2 Å². The van der Waals surface area contributed by atoms with Crippen molar-refractivity contribution in [3.63, 3.8) is 0 Å². The molecule has 0 unspecified atom stereocenters. The van der Waals surface area contributed by atoms with Gasteiger partial charge < -0.3 is 15.5 Å². The predicted molar refractivity (Wildman–Crippen MR) is 71.2 cm³/mol. The zero-order valence-electron chi connectivity index (χ0n) is 9.62. The topological polar surface area (TPSA) is 52.5 Å². The number of para-hydroxylation sites is 1. The van der Waals surface area contributed by atoms with E-state index in [1.807, 2.05) is 0 Å². The summed E-state index contributed by atoms with van der Waals surface area (Å²) in [7, 11) is 0. The summed E-state index contributed by atoms with van der Waals surface area (Å²) in [6, 6.07) is 6.51. The van der Waals surface area contributed by atoms with Crippen LogP contribution in [0.1, 0.15) is 5.56 Å². The molecule has 6 heteroatoms. The number of anilines is 1. The Hall–Kier alpha value is -1.82. The maximum absolute atomic E-state index is 13.5. The molecule has 0 atom stereocenters. The maximum Gasteiger partial charge on any atom is 0.162 e. The molecule has 2 rings (SSSR count). The van der Waals surface area contributed by atoms with Crippen molar-refractivity contribution in [1.82, 2.24) is 0 Å². The van der Waals surface area contributed by atoms with Crippen molar-refractivity contribution in [3.05, 3.63) is 52.0 Å². The number of hydrogen-bond donors (Lipinski definition) is 3. The Morgan fingerprint density at radius 3 is 2.58 bits per heavy atom. The van der Waals surface area contributed by atoms with Gasteiger partial charge in [-0.15, -0.1) is 0 Å². The number of phenolic OH excluding ortho intramolecular Hbond substituents is 2. The van der Waals surface area contributed by atoms with Crippen molar-refractivity contribution in [1.29, 1.82) is 0 Å². The summed E-state index contributed by atoms with van der Waals surface area (Å²) in [5.74, 6) is -1.94. The van der Waals surface area contributed by atoms with Gasteiger partial charge in [0, 0.05) is 18.2 Å². The van der Waals surface area contributed by atoms with Gasteiger partial charge in [-0.1, -0.05) is 12.1 Å². The van der Waals surface area contributed by atoms with E-state index in [9.17, 15) is 19.0 Å². The molecular weight excluding hydrogens is 320 g/mol. The Balaban J connectivity index is 2.19. The highest BCUT2D eigenvalue weighted by Gasteiger charge is 2.10. The van der Waals surface area contributed by atoms with Gasteiger partial charge in [0.1, 0.15) is 11.6 Å². The van der Waals surface area contributed by atoms with Crippen LogP contribution in [0.5, 0.6) is 11.5 Å². The zero-order valence-corrected chi connectivity index (χ0v) is 11.2. The largest absolute Gasteiger partial charge is 0.504 e. The minimum atomic E-state index is -0.736. The second kappa shape index (κ2) is 5.44. The van der Waals surface area contributed by atoms with E-state index in [1.165, 1.54) is 12.1 Å². The van der Waals surface area contributed by atoms with Crippen LogP contribution in [-0.2, 0) is 6.54 Å². The summed E-state index contributed by atoms with van der Waals surface area (Å²) in [5.41, 5.74) is 0.496. The molecule has 3 nitrogen and oxygen atoms in total. The molecule has 0 bridgehead atoms. The quantitative estimate of drug-likeness (QED) is 0.593. The Kier molecular flexibility index (Phi) is 3.90. The van der Waals surface area contributed by atoms with Gasteiger partial charge in [0.05, 0.1) is 10.2 Å².